The second-order valence-corrected chi connectivity index (χ2v) is 12.7. The molecule has 4 rings (SSSR count). The fraction of sp³-hybridized carbons (Fsp3) is 0.286. The molecule has 42 heavy (non-hydrogen) atoms. The molecule has 0 aliphatic carbocycles. The van der Waals surface area contributed by atoms with Gasteiger partial charge in [0.2, 0.25) is 0 Å². The Labute approximate surface area is 257 Å². The summed E-state index contributed by atoms with van der Waals surface area (Å²) in [5.74, 6) is -0.474. The summed E-state index contributed by atoms with van der Waals surface area (Å²) in [4.78, 5) is 26.3. The summed E-state index contributed by atoms with van der Waals surface area (Å²) in [5, 5.41) is 14.7. The molecular formula is C35H35ClN2O3S. The predicted octanol–water partition coefficient (Wildman–Crippen LogP) is 8.47. The second-order valence-electron chi connectivity index (χ2n) is 11.2. The van der Waals surface area contributed by atoms with E-state index in [2.05, 4.69) is 32.2 Å². The van der Waals surface area contributed by atoms with Gasteiger partial charge in [0.1, 0.15) is 6.61 Å². The van der Waals surface area contributed by atoms with Gasteiger partial charge in [0.05, 0.1) is 28.2 Å². The SMILES string of the molecule is CC1=C(C(=O)OCc2ccccc2)[C@H](c2ccccc2Cl)C(C#N)=C(SCCCC(=O)c2ccc(C(C)(C)C)cc2)N1. The van der Waals surface area contributed by atoms with Crippen molar-refractivity contribution in [1.29, 1.82) is 5.26 Å². The molecule has 0 fully saturated rings. The molecule has 0 unspecified atom stereocenters. The van der Waals surface area contributed by atoms with Crippen LogP contribution in [0.1, 0.15) is 73.5 Å². The highest BCUT2D eigenvalue weighted by molar-refractivity contribution is 8.03. The van der Waals surface area contributed by atoms with E-state index in [1.165, 1.54) is 17.3 Å². The zero-order valence-corrected chi connectivity index (χ0v) is 25.9. The number of nitrogens with zero attached hydrogens (tertiary/aromatic N) is 1. The summed E-state index contributed by atoms with van der Waals surface area (Å²) >= 11 is 8.07. The first-order valence-electron chi connectivity index (χ1n) is 13.9. The highest BCUT2D eigenvalue weighted by Gasteiger charge is 2.36. The minimum Gasteiger partial charge on any atom is -0.457 e. The van der Waals surface area contributed by atoms with Gasteiger partial charge in [-0.2, -0.15) is 5.26 Å². The van der Waals surface area contributed by atoms with Crippen molar-refractivity contribution in [3.63, 3.8) is 0 Å². The van der Waals surface area contributed by atoms with Crippen molar-refractivity contribution in [2.75, 3.05) is 5.75 Å². The Morgan fingerprint density at radius 2 is 1.67 bits per heavy atom. The normalized spacial score (nSPS) is 15.2. The van der Waals surface area contributed by atoms with E-state index in [-0.39, 0.29) is 17.8 Å². The molecule has 1 aliphatic rings. The molecule has 1 heterocycles. The lowest BCUT2D eigenvalue weighted by Gasteiger charge is -2.30. The van der Waals surface area contributed by atoms with Crippen molar-refractivity contribution in [2.24, 2.45) is 0 Å². The van der Waals surface area contributed by atoms with Gasteiger partial charge in [-0.25, -0.2) is 4.79 Å². The summed E-state index contributed by atoms with van der Waals surface area (Å²) in [5.41, 5.74) is 4.82. The first kappa shape index (κ1) is 31.2. The number of benzene rings is 3. The third-order valence-corrected chi connectivity index (χ3v) is 8.61. The molecule has 0 radical (unpaired) electrons. The van der Waals surface area contributed by atoms with Crippen LogP contribution in [0, 0.1) is 11.3 Å². The molecule has 3 aromatic rings. The predicted molar refractivity (Wildman–Crippen MR) is 170 cm³/mol. The number of hydrogen-bond donors (Lipinski definition) is 1. The van der Waals surface area contributed by atoms with Crippen LogP contribution in [-0.4, -0.2) is 17.5 Å². The average Bonchev–Trinajstić information content (AvgIpc) is 2.98. The monoisotopic (exact) mass is 598 g/mol. The lowest BCUT2D eigenvalue weighted by molar-refractivity contribution is -0.140. The zero-order valence-electron chi connectivity index (χ0n) is 24.4. The minimum absolute atomic E-state index is 0.0320. The van der Waals surface area contributed by atoms with E-state index < -0.39 is 11.9 Å². The second kappa shape index (κ2) is 13.9. The number of nitrogens with one attached hydrogen (secondary N) is 1. The van der Waals surface area contributed by atoms with Gasteiger partial charge in [-0.05, 0) is 47.3 Å². The van der Waals surface area contributed by atoms with E-state index in [1.807, 2.05) is 79.7 Å². The van der Waals surface area contributed by atoms with Crippen LogP contribution >= 0.6 is 23.4 Å². The maximum Gasteiger partial charge on any atom is 0.337 e. The Hall–Kier alpha value is -3.79. The number of carbonyl (C=O) groups excluding carboxylic acids is 2. The maximum atomic E-state index is 13.5. The highest BCUT2D eigenvalue weighted by atomic mass is 35.5. The number of thioether (sulfide) groups is 1. The van der Waals surface area contributed by atoms with Gasteiger partial charge in [0.15, 0.2) is 5.78 Å². The van der Waals surface area contributed by atoms with Gasteiger partial charge in [-0.15, -0.1) is 11.8 Å². The third-order valence-electron chi connectivity index (χ3n) is 7.16. The molecule has 1 atom stereocenters. The van der Waals surface area contributed by atoms with Gasteiger partial charge >= 0.3 is 5.97 Å². The maximum absolute atomic E-state index is 13.5. The first-order valence-corrected chi connectivity index (χ1v) is 15.3. The van der Waals surface area contributed by atoms with Crippen molar-refractivity contribution in [3.05, 3.63) is 128 Å². The molecule has 216 valence electrons. The Morgan fingerprint density at radius 1 is 1.00 bits per heavy atom. The number of carbonyl (C=O) groups is 2. The minimum atomic E-state index is -0.682. The fourth-order valence-electron chi connectivity index (χ4n) is 4.83. The first-order chi connectivity index (χ1) is 20.1. The third kappa shape index (κ3) is 7.53. The van der Waals surface area contributed by atoms with Crippen molar-refractivity contribution >= 4 is 35.1 Å². The summed E-state index contributed by atoms with van der Waals surface area (Å²) in [6, 6.07) is 26.9. The van der Waals surface area contributed by atoms with Crippen LogP contribution in [-0.2, 0) is 21.6 Å². The Morgan fingerprint density at radius 3 is 2.31 bits per heavy atom. The van der Waals surface area contributed by atoms with Crippen LogP contribution in [0.3, 0.4) is 0 Å². The number of allylic oxidation sites excluding steroid dienone is 2. The molecule has 0 aromatic heterocycles. The summed E-state index contributed by atoms with van der Waals surface area (Å²) < 4.78 is 5.69. The topological polar surface area (TPSA) is 79.2 Å². The smallest absolute Gasteiger partial charge is 0.337 e. The van der Waals surface area contributed by atoms with Crippen LogP contribution in [0.15, 0.2) is 101 Å². The molecule has 0 amide bonds. The number of esters is 1. The van der Waals surface area contributed by atoms with E-state index in [0.717, 1.165) is 5.56 Å². The van der Waals surface area contributed by atoms with Gasteiger partial charge in [-0.3, -0.25) is 4.79 Å². The van der Waals surface area contributed by atoms with Crippen molar-refractivity contribution < 1.29 is 14.3 Å². The van der Waals surface area contributed by atoms with Crippen LogP contribution in [0.25, 0.3) is 0 Å². The van der Waals surface area contributed by atoms with E-state index in [4.69, 9.17) is 16.3 Å². The molecule has 0 saturated carbocycles. The Kier molecular flexibility index (Phi) is 10.3. The number of nitriles is 1. The molecule has 1 aliphatic heterocycles. The summed E-state index contributed by atoms with van der Waals surface area (Å²) in [6.45, 7) is 8.37. The standard InChI is InChI=1S/C35H35ClN2O3S/c1-23-31(34(40)41-22-24-11-6-5-7-12-24)32(27-13-8-9-14-29(27)36)28(21-37)33(38-23)42-20-10-15-30(39)25-16-18-26(19-17-25)35(2,3)4/h5-9,11-14,16-19,32,38H,10,15,20,22H2,1-4H3/t32-/m1/s1. The van der Waals surface area contributed by atoms with E-state index in [1.54, 1.807) is 6.07 Å². The van der Waals surface area contributed by atoms with E-state index in [0.29, 0.717) is 56.6 Å². The summed E-state index contributed by atoms with van der Waals surface area (Å²) in [6.07, 6.45) is 1.04. The van der Waals surface area contributed by atoms with Crippen molar-refractivity contribution in [2.45, 2.75) is 58.5 Å². The van der Waals surface area contributed by atoms with Crippen LogP contribution in [0.5, 0.6) is 0 Å². The lowest BCUT2D eigenvalue weighted by Crippen LogP contribution is -2.29. The molecule has 0 bridgehead atoms. The Bertz CT molecular complexity index is 1550. The number of ether oxygens (including phenoxy) is 1. The van der Waals surface area contributed by atoms with Crippen LogP contribution in [0.2, 0.25) is 5.02 Å². The average molecular weight is 599 g/mol. The highest BCUT2D eigenvalue weighted by Crippen LogP contribution is 2.43. The van der Waals surface area contributed by atoms with Gasteiger partial charge < -0.3 is 10.1 Å². The van der Waals surface area contributed by atoms with Gasteiger partial charge in [-0.1, -0.05) is 105 Å². The quantitative estimate of drug-likeness (QED) is 0.143. The van der Waals surface area contributed by atoms with Crippen molar-refractivity contribution in [1.82, 2.24) is 5.32 Å². The molecule has 5 nitrogen and oxygen atoms in total. The van der Waals surface area contributed by atoms with Crippen LogP contribution in [0.4, 0.5) is 0 Å². The van der Waals surface area contributed by atoms with Crippen LogP contribution < -0.4 is 5.32 Å². The van der Waals surface area contributed by atoms with Gasteiger partial charge in [0.25, 0.3) is 0 Å². The summed E-state index contributed by atoms with van der Waals surface area (Å²) in [7, 11) is 0. The molecule has 7 heteroatoms. The number of halogens is 1. The molecule has 1 N–H and O–H groups in total. The van der Waals surface area contributed by atoms with E-state index >= 15 is 0 Å². The number of dihydropyridines is 1. The number of hydrogen-bond acceptors (Lipinski definition) is 6. The molecule has 0 saturated heterocycles. The van der Waals surface area contributed by atoms with Crippen molar-refractivity contribution in [3.8, 4) is 6.07 Å². The zero-order chi connectivity index (χ0) is 30.3. The number of Topliss-reactive ketones (excluding diaryl/α,β-unsaturated/α-hetero) is 1. The molecule has 3 aromatic carbocycles. The largest absolute Gasteiger partial charge is 0.457 e. The molecule has 0 spiro atoms. The number of ketones is 1. The van der Waals surface area contributed by atoms with E-state index in [9.17, 15) is 14.9 Å². The number of rotatable bonds is 10. The lowest BCUT2D eigenvalue weighted by atomic mass is 9.82. The molecular weight excluding hydrogens is 564 g/mol. The Balaban J connectivity index is 1.49. The van der Waals surface area contributed by atoms with Gasteiger partial charge in [0, 0.05) is 22.7 Å². The fourth-order valence-corrected chi connectivity index (χ4v) is 6.11.